The van der Waals surface area contributed by atoms with Crippen LogP contribution in [0.25, 0.3) is 0 Å². The van der Waals surface area contributed by atoms with Gasteiger partial charge in [-0.05, 0) is 12.6 Å². The second kappa shape index (κ2) is 6.88. The Balaban J connectivity index is 1.99. The zero-order valence-corrected chi connectivity index (χ0v) is 12.0. The van der Waals surface area contributed by atoms with Gasteiger partial charge in [0.25, 0.3) is 0 Å². The van der Waals surface area contributed by atoms with Crippen LogP contribution in [0.1, 0.15) is 6.92 Å². The molecule has 0 aliphatic carbocycles. The zero-order chi connectivity index (χ0) is 14.5. The standard InChI is InChI=1S/C13H17ClN2O4/c1-2-15-5-6-19-11(8-15)9-20-13-7-10(14)3-4-12(13)16(17)18/h3-4,7,11H,2,5-6,8-9H2,1H3. The average Bonchev–Trinajstić information content (AvgIpc) is 2.45. The maximum absolute atomic E-state index is 10.9. The zero-order valence-electron chi connectivity index (χ0n) is 11.3. The molecule has 1 heterocycles. The lowest BCUT2D eigenvalue weighted by atomic mass is 10.2. The Labute approximate surface area is 122 Å². The summed E-state index contributed by atoms with van der Waals surface area (Å²) >= 11 is 5.85. The Morgan fingerprint density at radius 2 is 2.40 bits per heavy atom. The first-order valence-electron chi connectivity index (χ1n) is 6.51. The van der Waals surface area contributed by atoms with Crippen LogP contribution in [0.4, 0.5) is 5.69 Å². The molecule has 0 N–H and O–H groups in total. The summed E-state index contributed by atoms with van der Waals surface area (Å²) in [6.07, 6.45) is -0.0812. The highest BCUT2D eigenvalue weighted by Crippen LogP contribution is 2.30. The number of likely N-dealkylation sites (N-methyl/N-ethyl adjacent to an activating group) is 1. The van der Waals surface area contributed by atoms with Gasteiger partial charge in [-0.25, -0.2) is 0 Å². The molecule has 1 aliphatic heterocycles. The second-order valence-electron chi connectivity index (χ2n) is 4.57. The van der Waals surface area contributed by atoms with Gasteiger partial charge in [0.2, 0.25) is 0 Å². The van der Waals surface area contributed by atoms with Crippen LogP contribution in [0.5, 0.6) is 5.75 Å². The smallest absolute Gasteiger partial charge is 0.311 e. The van der Waals surface area contributed by atoms with E-state index in [1.165, 1.54) is 18.2 Å². The lowest BCUT2D eigenvalue weighted by molar-refractivity contribution is -0.385. The van der Waals surface area contributed by atoms with Crippen molar-refractivity contribution in [2.45, 2.75) is 13.0 Å². The molecule has 0 amide bonds. The van der Waals surface area contributed by atoms with Gasteiger partial charge < -0.3 is 9.47 Å². The van der Waals surface area contributed by atoms with Crippen molar-refractivity contribution >= 4 is 17.3 Å². The number of rotatable bonds is 5. The first-order chi connectivity index (χ1) is 9.60. The fourth-order valence-corrected chi connectivity index (χ4v) is 2.27. The molecule has 1 atom stereocenters. The average molecular weight is 301 g/mol. The minimum atomic E-state index is -0.480. The van der Waals surface area contributed by atoms with Gasteiger partial charge in [0.05, 0.1) is 11.5 Å². The normalized spacial score (nSPS) is 19.8. The monoisotopic (exact) mass is 300 g/mol. The molecule has 1 fully saturated rings. The van der Waals surface area contributed by atoms with Crippen LogP contribution < -0.4 is 4.74 Å². The molecule has 6 nitrogen and oxygen atoms in total. The lowest BCUT2D eigenvalue weighted by Gasteiger charge is -2.31. The lowest BCUT2D eigenvalue weighted by Crippen LogP contribution is -2.44. The highest BCUT2D eigenvalue weighted by Gasteiger charge is 2.22. The van der Waals surface area contributed by atoms with Crippen molar-refractivity contribution < 1.29 is 14.4 Å². The van der Waals surface area contributed by atoms with Crippen LogP contribution in [-0.2, 0) is 4.74 Å². The molecule has 1 aromatic rings. The maximum Gasteiger partial charge on any atom is 0.311 e. The summed E-state index contributed by atoms with van der Waals surface area (Å²) in [5.41, 5.74) is -0.0856. The number of hydrogen-bond donors (Lipinski definition) is 0. The van der Waals surface area contributed by atoms with Gasteiger partial charge in [-0.1, -0.05) is 18.5 Å². The van der Waals surface area contributed by atoms with E-state index >= 15 is 0 Å². The molecular weight excluding hydrogens is 284 g/mol. The summed E-state index contributed by atoms with van der Waals surface area (Å²) in [5.74, 6) is 0.180. The van der Waals surface area contributed by atoms with E-state index in [-0.39, 0.29) is 24.1 Å². The summed E-state index contributed by atoms with van der Waals surface area (Å²) in [6.45, 7) is 5.65. The molecule has 2 rings (SSSR count). The predicted octanol–water partition coefficient (Wildman–Crippen LogP) is 2.35. The van der Waals surface area contributed by atoms with Crippen LogP contribution in [-0.4, -0.2) is 48.8 Å². The summed E-state index contributed by atoms with van der Waals surface area (Å²) < 4.78 is 11.1. The molecule has 0 spiro atoms. The summed E-state index contributed by atoms with van der Waals surface area (Å²) in [7, 11) is 0. The van der Waals surface area contributed by atoms with Gasteiger partial charge >= 0.3 is 5.69 Å². The molecule has 1 aliphatic rings. The highest BCUT2D eigenvalue weighted by molar-refractivity contribution is 6.30. The third-order valence-corrected chi connectivity index (χ3v) is 3.45. The van der Waals surface area contributed by atoms with Crippen LogP contribution in [0, 0.1) is 10.1 Å². The van der Waals surface area contributed by atoms with Crippen molar-refractivity contribution in [3.63, 3.8) is 0 Å². The van der Waals surface area contributed by atoms with Crippen LogP contribution in [0.2, 0.25) is 5.02 Å². The van der Waals surface area contributed by atoms with Gasteiger partial charge in [-0.3, -0.25) is 15.0 Å². The second-order valence-corrected chi connectivity index (χ2v) is 5.00. The van der Waals surface area contributed by atoms with Gasteiger partial charge in [-0.2, -0.15) is 0 Å². The molecule has 1 saturated heterocycles. The van der Waals surface area contributed by atoms with E-state index in [0.29, 0.717) is 11.6 Å². The molecule has 0 saturated carbocycles. The van der Waals surface area contributed by atoms with Crippen molar-refractivity contribution in [1.82, 2.24) is 4.90 Å². The van der Waals surface area contributed by atoms with Gasteiger partial charge in [0.1, 0.15) is 12.7 Å². The molecule has 110 valence electrons. The van der Waals surface area contributed by atoms with Crippen molar-refractivity contribution in [1.29, 1.82) is 0 Å². The summed E-state index contributed by atoms with van der Waals surface area (Å²) in [6, 6.07) is 4.28. The Hall–Kier alpha value is -1.37. The van der Waals surface area contributed by atoms with Crippen molar-refractivity contribution in [3.05, 3.63) is 33.3 Å². The number of nitro benzene ring substituents is 1. The van der Waals surface area contributed by atoms with E-state index in [2.05, 4.69) is 11.8 Å². The molecule has 1 aromatic carbocycles. The molecule has 7 heteroatoms. The predicted molar refractivity (Wildman–Crippen MR) is 75.5 cm³/mol. The topological polar surface area (TPSA) is 64.8 Å². The van der Waals surface area contributed by atoms with Crippen LogP contribution in [0.3, 0.4) is 0 Å². The van der Waals surface area contributed by atoms with Gasteiger partial charge in [0, 0.05) is 30.2 Å². The Kier molecular flexibility index (Phi) is 5.17. The van der Waals surface area contributed by atoms with E-state index in [0.717, 1.165) is 19.6 Å². The fourth-order valence-electron chi connectivity index (χ4n) is 2.11. The third-order valence-electron chi connectivity index (χ3n) is 3.21. The molecule has 0 radical (unpaired) electrons. The number of nitrogens with zero attached hydrogens (tertiary/aromatic N) is 2. The highest BCUT2D eigenvalue weighted by atomic mass is 35.5. The number of halogens is 1. The fraction of sp³-hybridized carbons (Fsp3) is 0.538. The minimum Gasteiger partial charge on any atom is -0.484 e. The minimum absolute atomic E-state index is 0.0812. The van der Waals surface area contributed by atoms with Crippen LogP contribution >= 0.6 is 11.6 Å². The van der Waals surface area contributed by atoms with E-state index in [4.69, 9.17) is 21.1 Å². The Bertz CT molecular complexity index is 483. The number of hydrogen-bond acceptors (Lipinski definition) is 5. The maximum atomic E-state index is 10.9. The first kappa shape index (κ1) is 15.0. The van der Waals surface area contributed by atoms with Gasteiger partial charge in [-0.15, -0.1) is 0 Å². The van der Waals surface area contributed by atoms with Crippen LogP contribution in [0.15, 0.2) is 18.2 Å². The molecule has 1 unspecified atom stereocenters. The molecule has 20 heavy (non-hydrogen) atoms. The number of nitro groups is 1. The van der Waals surface area contributed by atoms with Crippen molar-refractivity contribution in [2.75, 3.05) is 32.8 Å². The number of ether oxygens (including phenoxy) is 2. The van der Waals surface area contributed by atoms with E-state index in [9.17, 15) is 10.1 Å². The van der Waals surface area contributed by atoms with E-state index in [1.54, 1.807) is 0 Å². The molecule has 0 bridgehead atoms. The van der Waals surface area contributed by atoms with Gasteiger partial charge in [0.15, 0.2) is 5.75 Å². The van der Waals surface area contributed by atoms with Crippen molar-refractivity contribution in [3.8, 4) is 5.75 Å². The summed E-state index contributed by atoms with van der Waals surface area (Å²) in [4.78, 5) is 12.7. The largest absolute Gasteiger partial charge is 0.484 e. The summed E-state index contributed by atoms with van der Waals surface area (Å²) in [5, 5.41) is 11.3. The van der Waals surface area contributed by atoms with Crippen molar-refractivity contribution in [2.24, 2.45) is 0 Å². The number of benzene rings is 1. The molecule has 0 aromatic heterocycles. The SMILES string of the molecule is CCN1CCOC(COc2cc(Cl)ccc2[N+](=O)[O-])C1. The Morgan fingerprint density at radius 1 is 1.60 bits per heavy atom. The Morgan fingerprint density at radius 3 is 3.10 bits per heavy atom. The quantitative estimate of drug-likeness (QED) is 0.617. The molecular formula is C13H17ClN2O4. The van der Waals surface area contributed by atoms with E-state index < -0.39 is 4.92 Å². The third kappa shape index (κ3) is 3.82. The number of morpholine rings is 1. The van der Waals surface area contributed by atoms with E-state index in [1.807, 2.05) is 0 Å². The first-order valence-corrected chi connectivity index (χ1v) is 6.88.